The quantitative estimate of drug-likeness (QED) is 0.798. The summed E-state index contributed by atoms with van der Waals surface area (Å²) in [5, 5.41) is 8.96. The largest absolute Gasteiger partial charge is 0.518 e. The molecule has 0 spiro atoms. The molecule has 0 unspecified atom stereocenters. The van der Waals surface area contributed by atoms with Gasteiger partial charge in [-0.15, -0.1) is 5.10 Å². The highest BCUT2D eigenvalue weighted by molar-refractivity contribution is 6.61. The van der Waals surface area contributed by atoms with Gasteiger partial charge >= 0.3 is 7.12 Å². The summed E-state index contributed by atoms with van der Waals surface area (Å²) in [5.74, 6) is 0. The van der Waals surface area contributed by atoms with Crippen molar-refractivity contribution >= 4 is 24.3 Å². The maximum absolute atomic E-state index is 5.96. The Morgan fingerprint density at radius 3 is 2.19 bits per heavy atom. The van der Waals surface area contributed by atoms with Gasteiger partial charge in [0.05, 0.1) is 23.1 Å². The van der Waals surface area contributed by atoms with Crippen molar-refractivity contribution in [3.05, 3.63) is 35.5 Å². The predicted octanol–water partition coefficient (Wildman–Crippen LogP) is 2.22. The van der Waals surface area contributed by atoms with Crippen LogP contribution in [0.25, 0.3) is 5.69 Å². The Morgan fingerprint density at radius 1 is 1.05 bits per heavy atom. The number of hydrogen-bond donors (Lipinski definition) is 0. The standard InChI is InChI=1S/C14H17BClN3O2/c1-13(2)14(3,4)21-15(20-13)12-9-19(18-17-12)11-7-5-10(16)6-8-11/h5-9H,1-4H3. The Labute approximate surface area is 129 Å². The zero-order chi connectivity index (χ0) is 15.3. The molecule has 1 aromatic heterocycles. The third-order valence-corrected chi connectivity index (χ3v) is 4.35. The van der Waals surface area contributed by atoms with Gasteiger partial charge in [-0.3, -0.25) is 0 Å². The summed E-state index contributed by atoms with van der Waals surface area (Å²) >= 11 is 5.89. The van der Waals surface area contributed by atoms with Gasteiger partial charge < -0.3 is 9.31 Å². The Kier molecular flexibility index (Phi) is 3.35. The average Bonchev–Trinajstić information content (AvgIpc) is 2.94. The second-order valence-corrected chi connectivity index (χ2v) is 6.59. The third-order valence-electron chi connectivity index (χ3n) is 4.10. The molecule has 0 saturated carbocycles. The molecule has 0 bridgehead atoms. The van der Waals surface area contributed by atoms with Crippen molar-refractivity contribution in [1.29, 1.82) is 0 Å². The molecule has 1 saturated heterocycles. The molecule has 1 aliphatic rings. The lowest BCUT2D eigenvalue weighted by molar-refractivity contribution is 0.00578. The molecule has 3 rings (SSSR count). The van der Waals surface area contributed by atoms with Gasteiger partial charge in [0.1, 0.15) is 5.59 Å². The number of nitrogens with zero attached hydrogens (tertiary/aromatic N) is 3. The lowest BCUT2D eigenvalue weighted by atomic mass is 9.86. The molecule has 7 heteroatoms. The molecule has 5 nitrogen and oxygen atoms in total. The highest BCUT2D eigenvalue weighted by Gasteiger charge is 2.52. The van der Waals surface area contributed by atoms with Gasteiger partial charge in [0.15, 0.2) is 0 Å². The fourth-order valence-corrected chi connectivity index (χ4v) is 2.19. The van der Waals surface area contributed by atoms with E-state index in [2.05, 4.69) is 10.3 Å². The van der Waals surface area contributed by atoms with Gasteiger partial charge in [-0.2, -0.15) is 0 Å². The van der Waals surface area contributed by atoms with Crippen LogP contribution in [0.3, 0.4) is 0 Å². The van der Waals surface area contributed by atoms with E-state index < -0.39 is 7.12 Å². The Balaban J connectivity index is 1.85. The van der Waals surface area contributed by atoms with Crippen molar-refractivity contribution < 1.29 is 9.31 Å². The second kappa shape index (κ2) is 4.83. The van der Waals surface area contributed by atoms with Crippen LogP contribution in [-0.4, -0.2) is 33.3 Å². The van der Waals surface area contributed by atoms with Gasteiger partial charge in [0.25, 0.3) is 0 Å². The van der Waals surface area contributed by atoms with Crippen LogP contribution in [0.15, 0.2) is 30.5 Å². The monoisotopic (exact) mass is 305 g/mol. The van der Waals surface area contributed by atoms with Crippen LogP contribution in [0.1, 0.15) is 27.7 Å². The van der Waals surface area contributed by atoms with E-state index in [-0.39, 0.29) is 11.2 Å². The van der Waals surface area contributed by atoms with Crippen LogP contribution < -0.4 is 5.59 Å². The number of hydrogen-bond acceptors (Lipinski definition) is 4. The van der Waals surface area contributed by atoms with Crippen LogP contribution in [0.5, 0.6) is 0 Å². The first-order valence-electron chi connectivity index (χ1n) is 6.82. The molecule has 0 radical (unpaired) electrons. The average molecular weight is 306 g/mol. The van der Waals surface area contributed by atoms with E-state index in [0.29, 0.717) is 10.6 Å². The molecule has 2 heterocycles. The van der Waals surface area contributed by atoms with E-state index in [9.17, 15) is 0 Å². The van der Waals surface area contributed by atoms with Crippen molar-refractivity contribution in [2.45, 2.75) is 38.9 Å². The summed E-state index contributed by atoms with van der Waals surface area (Å²) in [5.41, 5.74) is 0.766. The Bertz CT molecular complexity index is 638. The maximum Gasteiger partial charge on any atom is 0.518 e. The van der Waals surface area contributed by atoms with Crippen LogP contribution in [-0.2, 0) is 9.31 Å². The number of rotatable bonds is 2. The summed E-state index contributed by atoms with van der Waals surface area (Å²) in [4.78, 5) is 0. The SMILES string of the molecule is CC1(C)OB(c2cn(-c3ccc(Cl)cc3)nn2)OC1(C)C. The number of benzene rings is 1. The minimum Gasteiger partial charge on any atom is -0.398 e. The molecule has 1 aromatic carbocycles. The van der Waals surface area contributed by atoms with E-state index in [1.807, 2.05) is 58.2 Å². The van der Waals surface area contributed by atoms with Gasteiger partial charge in [-0.05, 0) is 52.0 Å². The molecule has 110 valence electrons. The Morgan fingerprint density at radius 2 is 1.62 bits per heavy atom. The van der Waals surface area contributed by atoms with Crippen molar-refractivity contribution in [3.8, 4) is 5.69 Å². The van der Waals surface area contributed by atoms with Gasteiger partial charge in [-0.1, -0.05) is 16.8 Å². The smallest absolute Gasteiger partial charge is 0.398 e. The van der Waals surface area contributed by atoms with Gasteiger partial charge in [-0.25, -0.2) is 4.68 Å². The highest BCUT2D eigenvalue weighted by atomic mass is 35.5. The first-order valence-corrected chi connectivity index (χ1v) is 7.20. The molecule has 0 atom stereocenters. The van der Waals surface area contributed by atoms with Crippen LogP contribution >= 0.6 is 11.6 Å². The number of aromatic nitrogens is 3. The topological polar surface area (TPSA) is 49.2 Å². The summed E-state index contributed by atoms with van der Waals surface area (Å²) < 4.78 is 13.6. The maximum atomic E-state index is 5.96. The van der Waals surface area contributed by atoms with Crippen molar-refractivity contribution in [1.82, 2.24) is 15.0 Å². The zero-order valence-electron chi connectivity index (χ0n) is 12.5. The van der Waals surface area contributed by atoms with Crippen molar-refractivity contribution in [2.24, 2.45) is 0 Å². The normalized spacial score (nSPS) is 20.0. The van der Waals surface area contributed by atoms with E-state index in [4.69, 9.17) is 20.9 Å². The molecule has 0 amide bonds. The first-order chi connectivity index (χ1) is 9.78. The molecule has 0 N–H and O–H groups in total. The fourth-order valence-electron chi connectivity index (χ4n) is 2.07. The molecule has 1 aliphatic heterocycles. The lowest BCUT2D eigenvalue weighted by Gasteiger charge is -2.32. The van der Waals surface area contributed by atoms with Crippen LogP contribution in [0, 0.1) is 0 Å². The minimum absolute atomic E-state index is 0.387. The van der Waals surface area contributed by atoms with Crippen LogP contribution in [0.2, 0.25) is 5.02 Å². The van der Waals surface area contributed by atoms with E-state index in [1.165, 1.54) is 0 Å². The third kappa shape index (κ3) is 2.59. The molecular weight excluding hydrogens is 288 g/mol. The van der Waals surface area contributed by atoms with E-state index in [0.717, 1.165) is 5.69 Å². The lowest BCUT2D eigenvalue weighted by Crippen LogP contribution is -2.41. The van der Waals surface area contributed by atoms with Gasteiger partial charge in [0, 0.05) is 5.02 Å². The first kappa shape index (κ1) is 14.6. The molecule has 21 heavy (non-hydrogen) atoms. The number of halogens is 1. The van der Waals surface area contributed by atoms with Crippen molar-refractivity contribution in [2.75, 3.05) is 0 Å². The summed E-state index contributed by atoms with van der Waals surface area (Å²) in [6.45, 7) is 8.04. The minimum atomic E-state index is -0.504. The molecular formula is C14H17BClN3O2. The summed E-state index contributed by atoms with van der Waals surface area (Å²) in [7, 11) is -0.504. The summed E-state index contributed by atoms with van der Waals surface area (Å²) in [6.07, 6.45) is 1.81. The van der Waals surface area contributed by atoms with Crippen LogP contribution in [0.4, 0.5) is 0 Å². The second-order valence-electron chi connectivity index (χ2n) is 6.15. The van der Waals surface area contributed by atoms with Crippen molar-refractivity contribution in [3.63, 3.8) is 0 Å². The Hall–Kier alpha value is -1.37. The predicted molar refractivity (Wildman–Crippen MR) is 82.1 cm³/mol. The van der Waals surface area contributed by atoms with E-state index in [1.54, 1.807) is 4.68 Å². The molecule has 2 aromatic rings. The molecule has 0 aliphatic carbocycles. The zero-order valence-corrected chi connectivity index (χ0v) is 13.3. The van der Waals surface area contributed by atoms with E-state index >= 15 is 0 Å². The highest BCUT2D eigenvalue weighted by Crippen LogP contribution is 2.36. The molecule has 1 fully saturated rings. The van der Waals surface area contributed by atoms with Gasteiger partial charge in [0.2, 0.25) is 0 Å². The summed E-state index contributed by atoms with van der Waals surface area (Å²) in [6, 6.07) is 7.39. The fraction of sp³-hybridized carbons (Fsp3) is 0.429.